The number of rotatable bonds is 4. The lowest BCUT2D eigenvalue weighted by atomic mass is 10.2. The molecule has 0 amide bonds. The molecular formula is C27H37NO. The maximum absolute atomic E-state index is 5.81. The number of anilines is 2. The molecule has 0 saturated carbocycles. The Labute approximate surface area is 178 Å². The van der Waals surface area contributed by atoms with Gasteiger partial charge in [-0.1, -0.05) is 76.1 Å². The molecule has 0 aliphatic heterocycles. The third kappa shape index (κ3) is 12.1. The molecule has 0 heterocycles. The number of hydrogen-bond acceptors (Lipinski definition) is 2. The first-order chi connectivity index (χ1) is 14.1. The van der Waals surface area contributed by atoms with Crippen molar-refractivity contribution in [2.45, 2.75) is 48.0 Å². The lowest BCUT2D eigenvalue weighted by Gasteiger charge is -2.09. The van der Waals surface area contributed by atoms with Gasteiger partial charge in [-0.15, -0.1) is 6.58 Å². The van der Waals surface area contributed by atoms with Gasteiger partial charge in [-0.2, -0.15) is 0 Å². The topological polar surface area (TPSA) is 21.3 Å². The zero-order chi connectivity index (χ0) is 21.9. The van der Waals surface area contributed by atoms with Crippen LogP contribution in [0.25, 0.3) is 0 Å². The Morgan fingerprint density at radius 1 is 0.759 bits per heavy atom. The smallest absolute Gasteiger partial charge is 0.127 e. The van der Waals surface area contributed by atoms with Crippen LogP contribution in [-0.2, 0) is 0 Å². The van der Waals surface area contributed by atoms with E-state index in [1.165, 1.54) is 12.0 Å². The largest absolute Gasteiger partial charge is 0.457 e. The average molecular weight is 392 g/mol. The predicted molar refractivity (Wildman–Crippen MR) is 131 cm³/mol. The van der Waals surface area contributed by atoms with E-state index in [4.69, 9.17) is 4.74 Å². The van der Waals surface area contributed by atoms with E-state index in [1.54, 1.807) is 6.08 Å². The third-order valence-corrected chi connectivity index (χ3v) is 3.17. The van der Waals surface area contributed by atoms with Gasteiger partial charge in [-0.25, -0.2) is 0 Å². The van der Waals surface area contributed by atoms with Crippen molar-refractivity contribution >= 4 is 11.4 Å². The van der Waals surface area contributed by atoms with Crippen molar-refractivity contribution in [1.29, 1.82) is 0 Å². The molecule has 0 radical (unpaired) electrons. The SMILES string of the molecule is C=CC.CC.CCC.Cc1ccc(Oc2ccc(Nc3ccccc3)cc2)cc1. The minimum absolute atomic E-state index is 0.831. The van der Waals surface area contributed by atoms with Gasteiger partial charge in [-0.3, -0.25) is 0 Å². The number of ether oxygens (including phenoxy) is 1. The van der Waals surface area contributed by atoms with Gasteiger partial charge in [0.2, 0.25) is 0 Å². The second-order valence-electron chi connectivity index (χ2n) is 6.05. The number of benzene rings is 3. The van der Waals surface area contributed by atoms with Crippen molar-refractivity contribution in [3.05, 3.63) is 97.1 Å². The first-order valence-electron chi connectivity index (χ1n) is 10.4. The summed E-state index contributed by atoms with van der Waals surface area (Å²) in [6.07, 6.45) is 3.00. The number of aryl methyl sites for hydroxylation is 1. The Morgan fingerprint density at radius 2 is 1.14 bits per heavy atom. The normalized spacial score (nSPS) is 8.62. The van der Waals surface area contributed by atoms with Gasteiger partial charge >= 0.3 is 0 Å². The van der Waals surface area contributed by atoms with Crippen LogP contribution in [0.2, 0.25) is 0 Å². The molecule has 0 aromatic heterocycles. The van der Waals surface area contributed by atoms with Gasteiger partial charge in [0, 0.05) is 11.4 Å². The van der Waals surface area contributed by atoms with E-state index in [1.807, 2.05) is 99.6 Å². The Balaban J connectivity index is 0.000000858. The van der Waals surface area contributed by atoms with Crippen LogP contribution in [0.4, 0.5) is 11.4 Å². The molecule has 3 aromatic rings. The highest BCUT2D eigenvalue weighted by Gasteiger charge is 1.98. The molecule has 0 saturated heterocycles. The lowest BCUT2D eigenvalue weighted by molar-refractivity contribution is 0.482. The summed E-state index contributed by atoms with van der Waals surface area (Å²) in [5.41, 5.74) is 3.34. The molecule has 2 nitrogen and oxygen atoms in total. The molecule has 156 valence electrons. The van der Waals surface area contributed by atoms with Crippen molar-refractivity contribution in [2.24, 2.45) is 0 Å². The number of hydrogen-bond donors (Lipinski definition) is 1. The molecular weight excluding hydrogens is 354 g/mol. The first kappa shape index (κ1) is 26.0. The van der Waals surface area contributed by atoms with Gasteiger partial charge in [-0.05, 0) is 62.4 Å². The zero-order valence-electron chi connectivity index (χ0n) is 18.9. The summed E-state index contributed by atoms with van der Waals surface area (Å²) in [5.74, 6) is 1.68. The van der Waals surface area contributed by atoms with Gasteiger partial charge < -0.3 is 10.1 Å². The van der Waals surface area contributed by atoms with Crippen molar-refractivity contribution in [2.75, 3.05) is 5.32 Å². The van der Waals surface area contributed by atoms with Crippen LogP contribution in [0.15, 0.2) is 91.5 Å². The van der Waals surface area contributed by atoms with Crippen molar-refractivity contribution < 1.29 is 4.74 Å². The van der Waals surface area contributed by atoms with Crippen LogP contribution < -0.4 is 10.1 Å². The fraction of sp³-hybridized carbons (Fsp3) is 0.259. The van der Waals surface area contributed by atoms with Gasteiger partial charge in [0.1, 0.15) is 11.5 Å². The Morgan fingerprint density at radius 3 is 1.59 bits per heavy atom. The van der Waals surface area contributed by atoms with Gasteiger partial charge in [0.25, 0.3) is 0 Å². The molecule has 3 aromatic carbocycles. The van der Waals surface area contributed by atoms with E-state index in [-0.39, 0.29) is 0 Å². The summed E-state index contributed by atoms with van der Waals surface area (Å²) in [6.45, 7) is 15.6. The van der Waals surface area contributed by atoms with E-state index in [9.17, 15) is 0 Å². The molecule has 0 fully saturated rings. The second kappa shape index (κ2) is 17.1. The molecule has 1 N–H and O–H groups in total. The Bertz CT molecular complexity index is 747. The van der Waals surface area contributed by atoms with Crippen molar-refractivity contribution in [3.63, 3.8) is 0 Å². The molecule has 0 aliphatic carbocycles. The van der Waals surface area contributed by atoms with Gasteiger partial charge in [0.05, 0.1) is 0 Å². The van der Waals surface area contributed by atoms with E-state index in [2.05, 4.69) is 32.7 Å². The van der Waals surface area contributed by atoms with Crippen LogP contribution >= 0.6 is 0 Å². The quantitative estimate of drug-likeness (QED) is 0.447. The van der Waals surface area contributed by atoms with Crippen LogP contribution in [0.5, 0.6) is 11.5 Å². The molecule has 0 aliphatic rings. The fourth-order valence-electron chi connectivity index (χ4n) is 2.04. The maximum atomic E-state index is 5.81. The first-order valence-corrected chi connectivity index (χ1v) is 10.4. The summed E-state index contributed by atoms with van der Waals surface area (Å²) in [6, 6.07) is 26.1. The zero-order valence-corrected chi connectivity index (χ0v) is 18.9. The Kier molecular flexibility index (Phi) is 15.4. The van der Waals surface area contributed by atoms with Crippen LogP contribution in [0.1, 0.15) is 46.6 Å². The maximum Gasteiger partial charge on any atom is 0.127 e. The Hall–Kier alpha value is -3.00. The summed E-state index contributed by atoms with van der Waals surface area (Å²) in [5, 5.41) is 3.35. The van der Waals surface area contributed by atoms with Crippen LogP contribution in [0.3, 0.4) is 0 Å². The van der Waals surface area contributed by atoms with E-state index in [0.29, 0.717) is 0 Å². The highest BCUT2D eigenvalue weighted by molar-refractivity contribution is 5.60. The summed E-state index contributed by atoms with van der Waals surface area (Å²) in [4.78, 5) is 0. The number of nitrogens with one attached hydrogen (secondary N) is 1. The molecule has 2 heteroatoms. The third-order valence-electron chi connectivity index (χ3n) is 3.17. The van der Waals surface area contributed by atoms with Crippen molar-refractivity contribution in [3.8, 4) is 11.5 Å². The van der Waals surface area contributed by atoms with Crippen LogP contribution in [0, 0.1) is 6.92 Å². The number of allylic oxidation sites excluding steroid dienone is 1. The van der Waals surface area contributed by atoms with Crippen molar-refractivity contribution in [1.82, 2.24) is 0 Å². The standard InChI is InChI=1S/C19H17NO.C3H8.C3H6.C2H6/c1-15-7-11-18(12-8-15)21-19-13-9-17(10-14-19)20-16-5-3-2-4-6-16;2*1-3-2;1-2/h2-14,20H,1H3;3H2,1-2H3;3H,1H2,2H3;1-2H3. The lowest BCUT2D eigenvalue weighted by Crippen LogP contribution is -1.90. The highest BCUT2D eigenvalue weighted by Crippen LogP contribution is 2.24. The van der Waals surface area contributed by atoms with E-state index < -0.39 is 0 Å². The van der Waals surface area contributed by atoms with Crippen LogP contribution in [-0.4, -0.2) is 0 Å². The molecule has 0 unspecified atom stereocenters. The molecule has 3 rings (SSSR count). The summed E-state index contributed by atoms with van der Waals surface area (Å²) < 4.78 is 5.81. The highest BCUT2D eigenvalue weighted by atomic mass is 16.5. The van der Waals surface area contributed by atoms with E-state index in [0.717, 1.165) is 22.9 Å². The predicted octanol–water partition coefficient (Wildman–Crippen LogP) is 9.17. The molecule has 0 spiro atoms. The van der Waals surface area contributed by atoms with Gasteiger partial charge in [0.15, 0.2) is 0 Å². The molecule has 0 atom stereocenters. The second-order valence-corrected chi connectivity index (χ2v) is 6.05. The van der Waals surface area contributed by atoms with E-state index >= 15 is 0 Å². The average Bonchev–Trinajstić information content (AvgIpc) is 2.75. The molecule has 29 heavy (non-hydrogen) atoms. The minimum Gasteiger partial charge on any atom is -0.457 e. The number of para-hydroxylation sites is 1. The summed E-state index contributed by atoms with van der Waals surface area (Å²) in [7, 11) is 0. The minimum atomic E-state index is 0.831. The fourth-order valence-corrected chi connectivity index (χ4v) is 2.04. The summed E-state index contributed by atoms with van der Waals surface area (Å²) >= 11 is 0. The molecule has 0 bridgehead atoms. The monoisotopic (exact) mass is 391 g/mol.